The van der Waals surface area contributed by atoms with Gasteiger partial charge in [-0.1, -0.05) is 96.7 Å². The normalized spacial score (nSPS) is 20.7. The van der Waals surface area contributed by atoms with E-state index in [0.29, 0.717) is 6.61 Å². The summed E-state index contributed by atoms with van der Waals surface area (Å²) in [5, 5.41) is 89.4. The quantitative estimate of drug-likeness (QED) is 0.148. The number of fused-ring (bicyclic) bond motifs is 2. The fourth-order valence-electron chi connectivity index (χ4n) is 30.2. The molecule has 0 aromatic heterocycles. The second kappa shape index (κ2) is 11.1. The second-order valence-electron chi connectivity index (χ2n) is 33.7. The van der Waals surface area contributed by atoms with Crippen LogP contribution in [0.5, 0.6) is 5.75 Å². The highest BCUT2D eigenvalue weighted by Gasteiger charge is 2.76. The molecule has 432 valence electrons. The number of hydrogen-bond donors (Lipinski definition) is 0. The molecule has 33 aromatic rings. The molecule has 0 radical (unpaired) electrons. The molecule has 1 fully saturated rings. The van der Waals surface area contributed by atoms with Crippen molar-refractivity contribution in [3.05, 3.63) is 160 Å². The average Bonchev–Trinajstić information content (AvgIpc) is 1.38. The lowest BCUT2D eigenvalue weighted by Gasteiger charge is -2.52. The number of likely N-dealkylation sites (tertiary alicyclic amines) is 1. The van der Waals surface area contributed by atoms with Crippen LogP contribution < -0.4 is 9.64 Å². The summed E-state index contributed by atoms with van der Waals surface area (Å²) in [6.07, 6.45) is 0. The zero-order valence-electron chi connectivity index (χ0n) is 52.0. The van der Waals surface area contributed by atoms with E-state index in [0.717, 1.165) is 18.8 Å². The highest BCUT2D eigenvalue weighted by atomic mass is 32.2. The van der Waals surface area contributed by atoms with E-state index in [1.54, 1.807) is 313 Å². The molecule has 4 aliphatic carbocycles. The highest BCUT2D eigenvalue weighted by molar-refractivity contribution is 7.99. The van der Waals surface area contributed by atoms with Gasteiger partial charge in [0.05, 0.1) is 22.2 Å². The van der Waals surface area contributed by atoms with Crippen LogP contribution in [-0.4, -0.2) is 18.5 Å². The fraction of sp³-hybridized carbons (Fsp3) is 0.0737. The minimum atomic E-state index is -0.400. The summed E-state index contributed by atoms with van der Waals surface area (Å²) in [4.78, 5) is 8.04. The van der Waals surface area contributed by atoms with Gasteiger partial charge in [-0.3, -0.25) is 4.90 Å². The number of likely N-dealkylation sites (N-methyl/N-ethyl adjacent to an activating group) is 1. The second-order valence-corrected chi connectivity index (χ2v) is 34.7. The van der Waals surface area contributed by atoms with Crippen LogP contribution in [0.15, 0.2) is 131 Å². The van der Waals surface area contributed by atoms with Crippen LogP contribution in [0.3, 0.4) is 0 Å². The lowest BCUT2D eigenvalue weighted by Crippen LogP contribution is -2.51. The maximum atomic E-state index is 6.94. The molecule has 0 saturated carbocycles. The molecule has 1 saturated heterocycles. The Kier molecular flexibility index (Phi) is 4.74. The monoisotopic (exact) mass is 1250 g/mol. The maximum Gasteiger partial charge on any atom is 0.119 e. The number of hydrogen-bond acceptors (Lipinski definition) is 4. The Balaban J connectivity index is 0.612. The molecule has 0 amide bonds. The van der Waals surface area contributed by atoms with E-state index in [2.05, 4.69) is 138 Å². The van der Waals surface area contributed by atoms with Gasteiger partial charge < -0.3 is 9.64 Å². The Morgan fingerprint density at radius 3 is 0.919 bits per heavy atom. The van der Waals surface area contributed by atoms with Crippen molar-refractivity contribution in [3.8, 4) is 16.9 Å². The summed E-state index contributed by atoms with van der Waals surface area (Å²) >= 11 is 1.87. The molecule has 99 heavy (non-hydrogen) atoms. The van der Waals surface area contributed by atoms with Gasteiger partial charge in [0.25, 0.3) is 0 Å². The third-order valence-corrected chi connectivity index (χ3v) is 32.7. The summed E-state index contributed by atoms with van der Waals surface area (Å²) in [5.41, 5.74) is 15.1. The van der Waals surface area contributed by atoms with Crippen molar-refractivity contribution in [2.75, 3.05) is 18.5 Å². The fourth-order valence-corrected chi connectivity index (χ4v) is 31.3. The van der Waals surface area contributed by atoms with Gasteiger partial charge in [0.2, 0.25) is 0 Å². The first-order chi connectivity index (χ1) is 49.2. The van der Waals surface area contributed by atoms with Crippen LogP contribution in [-0.2, 0) is 24.0 Å². The smallest absolute Gasteiger partial charge is 0.119 e. The lowest BCUT2D eigenvalue weighted by atomic mass is 9.47. The Morgan fingerprint density at radius 1 is 0.313 bits per heavy atom. The summed E-state index contributed by atoms with van der Waals surface area (Å²) in [6.45, 7) is 2.32. The van der Waals surface area contributed by atoms with Crippen molar-refractivity contribution in [1.29, 1.82) is 0 Å². The molecule has 2 spiro atoms. The summed E-state index contributed by atoms with van der Waals surface area (Å²) in [6, 6.07) is 45.8. The number of para-hydroxylation sites is 2. The minimum Gasteiger partial charge on any atom is -0.489 e. The maximum absolute atomic E-state index is 6.94. The summed E-state index contributed by atoms with van der Waals surface area (Å²) < 4.78 is 6.94. The van der Waals surface area contributed by atoms with Crippen molar-refractivity contribution in [2.24, 2.45) is 0 Å². The SMILES string of the molecule is CN1CC23c4c5c6c7c8c9c(c%10c%11c2c2c4c4c%12c5c5c6c6c8c8c%13c9c9c%10c%10c%11c%11c2c2c4c4c%12c%12c5c5c6c8c6c8c%13c9c9c%10c%10c%11c2c2c4c4c%12c5c6c5c8c9c%10c2c45)C73C1c1ccc(OCc2ccc(-c3ccc(CN4c5ccccc5Sc5ccccc54)cc3)cc2)cc1. The van der Waals surface area contributed by atoms with Gasteiger partial charge in [-0.2, -0.15) is 0 Å². The van der Waals surface area contributed by atoms with Crippen LogP contribution in [0.1, 0.15) is 45.0 Å². The van der Waals surface area contributed by atoms with Gasteiger partial charge >= 0.3 is 0 Å². The predicted octanol–water partition coefficient (Wildman–Crippen LogP) is 25.0. The molecular formula is C95H30N2OS. The zero-order valence-corrected chi connectivity index (χ0v) is 52.8. The van der Waals surface area contributed by atoms with E-state index in [-0.39, 0.29) is 11.5 Å². The molecule has 39 rings (SSSR count). The van der Waals surface area contributed by atoms with E-state index in [1.165, 1.54) is 49.0 Å². The van der Waals surface area contributed by atoms with Crippen molar-refractivity contribution in [2.45, 2.75) is 39.8 Å². The topological polar surface area (TPSA) is 15.7 Å². The predicted molar refractivity (Wildman–Crippen MR) is 415 cm³/mol. The van der Waals surface area contributed by atoms with Crippen molar-refractivity contribution < 1.29 is 4.74 Å². The van der Waals surface area contributed by atoms with Crippen molar-refractivity contribution >= 4 is 314 Å². The number of benzene rings is 23. The van der Waals surface area contributed by atoms with Crippen LogP contribution in [0.4, 0.5) is 11.4 Å². The Hall–Kier alpha value is -11.5. The largest absolute Gasteiger partial charge is 0.489 e. The van der Waals surface area contributed by atoms with Crippen LogP contribution in [0.25, 0.3) is 302 Å². The molecule has 1 atom stereocenters. The molecule has 0 bridgehead atoms. The minimum absolute atomic E-state index is 0.0706. The van der Waals surface area contributed by atoms with Crippen LogP contribution in [0, 0.1) is 0 Å². The van der Waals surface area contributed by atoms with E-state index in [9.17, 15) is 0 Å². The van der Waals surface area contributed by atoms with Crippen molar-refractivity contribution in [3.63, 3.8) is 0 Å². The molecule has 6 aliphatic rings. The molecule has 3 nitrogen and oxygen atoms in total. The highest BCUT2D eigenvalue weighted by Crippen LogP contribution is 2.87. The van der Waals surface area contributed by atoms with Gasteiger partial charge in [-0.25, -0.2) is 0 Å². The summed E-state index contributed by atoms with van der Waals surface area (Å²) in [5.74, 6) is 0.935. The third-order valence-electron chi connectivity index (χ3n) is 31.6. The number of nitrogens with zero attached hydrogens (tertiary/aromatic N) is 2. The van der Waals surface area contributed by atoms with Crippen molar-refractivity contribution in [1.82, 2.24) is 4.90 Å². The first kappa shape index (κ1) is 42.2. The molecule has 2 aliphatic heterocycles. The lowest BCUT2D eigenvalue weighted by molar-refractivity contribution is 0.270. The Morgan fingerprint density at radius 2 is 0.596 bits per heavy atom. The van der Waals surface area contributed by atoms with E-state index in [4.69, 9.17) is 4.74 Å². The van der Waals surface area contributed by atoms with Crippen LogP contribution >= 0.6 is 11.8 Å². The first-order valence-electron chi connectivity index (χ1n) is 36.2. The Bertz CT molecular complexity index is 9060. The number of ether oxygens (including phenoxy) is 1. The van der Waals surface area contributed by atoms with Crippen LogP contribution in [0.2, 0.25) is 0 Å². The van der Waals surface area contributed by atoms with Gasteiger partial charge in [0.15, 0.2) is 0 Å². The molecule has 1 unspecified atom stereocenters. The molecule has 2 heterocycles. The zero-order chi connectivity index (χ0) is 60.7. The van der Waals surface area contributed by atoms with Gasteiger partial charge in [0.1, 0.15) is 12.4 Å². The van der Waals surface area contributed by atoms with Gasteiger partial charge in [-0.05, 0) is 384 Å². The summed E-state index contributed by atoms with van der Waals surface area (Å²) in [7, 11) is 2.58. The van der Waals surface area contributed by atoms with E-state index in [1.807, 2.05) is 11.8 Å². The third kappa shape index (κ3) is 2.95. The molecule has 33 aromatic carbocycles. The molecular weight excluding hydrogens is 1220 g/mol. The number of rotatable bonds is 7. The van der Waals surface area contributed by atoms with Gasteiger partial charge in [-0.15, -0.1) is 0 Å². The van der Waals surface area contributed by atoms with Gasteiger partial charge in [0, 0.05) is 28.9 Å². The first-order valence-corrected chi connectivity index (χ1v) is 37.0. The number of anilines is 2. The molecule has 0 N–H and O–H groups in total. The standard InChI is InChI=1S/C95H30N2OS/c1-96-24-94-89-81-73-63-53-45-37-35-36-39-43-41(37)49-57-51(43)61-55-47(39)48-40(36)44-42-38(35)46(45)54-60-50(42)58-52(44)62-56(48)66-65(55)77-71(61)79-69(57)75(67(73)59(49)53)83(89)85(79)91-87(77)88-78(66)72(62)80-70(58)76-68(60)74(64(54)63)82(81)90(94)84(76)86(80)92(88)95(91,94)93(96)29-18-20-30(21-19-29)98-23-26-12-16-28(17-13-26)27-14-10-25(11-15-27)22-97-31-6-2-4-8-33(31)99-34-9-5-3-7-32(34)97/h2-21,93H,22-24H2,1H3. The average molecular weight is 1250 g/mol. The Labute approximate surface area is 555 Å². The van der Waals surface area contributed by atoms with E-state index >= 15 is 0 Å². The van der Waals surface area contributed by atoms with E-state index < -0.39 is 5.41 Å². The molecule has 4 heteroatoms.